The molecule has 0 spiro atoms. The molecule has 0 radical (unpaired) electrons. The van der Waals surface area contributed by atoms with E-state index in [1.54, 1.807) is 0 Å². The minimum atomic E-state index is -0.695. The Balaban J connectivity index is 1.10. The van der Waals surface area contributed by atoms with Crippen LogP contribution in [0.4, 0.5) is 0 Å². The molecule has 0 saturated carbocycles. The minimum absolute atomic E-state index is 0.126. The fourth-order valence-electron chi connectivity index (χ4n) is 11.3. The number of hydrogen-bond donors (Lipinski definition) is 0. The first kappa shape index (κ1) is 37.9. The molecule has 0 saturated heterocycles. The van der Waals surface area contributed by atoms with Crippen molar-refractivity contribution in [3.05, 3.63) is 298 Å². The number of fused-ring (bicyclic) bond motifs is 5. The first-order valence-electron chi connectivity index (χ1n) is 22.4. The molecule has 1 heterocycles. The third kappa shape index (κ3) is 5.67. The second-order valence-electron chi connectivity index (χ2n) is 17.4. The molecule has 2 heteroatoms. The summed E-state index contributed by atoms with van der Waals surface area (Å²) >= 11 is 0. The Morgan fingerprint density at radius 3 is 1.95 bits per heavy atom. The van der Waals surface area contributed by atoms with E-state index in [9.17, 15) is 0 Å². The maximum atomic E-state index is 5.51. The zero-order chi connectivity index (χ0) is 42.7. The number of aromatic nitrogens is 2. The van der Waals surface area contributed by atoms with Crippen molar-refractivity contribution >= 4 is 0 Å². The van der Waals surface area contributed by atoms with Crippen LogP contribution in [0, 0.1) is 5.92 Å². The third-order valence-electron chi connectivity index (χ3n) is 14.1. The molecule has 0 fully saturated rings. The number of rotatable bonds is 7. The van der Waals surface area contributed by atoms with Crippen LogP contribution in [0.1, 0.15) is 63.7 Å². The van der Waals surface area contributed by atoms with Gasteiger partial charge in [0.1, 0.15) is 5.82 Å². The predicted octanol–water partition coefficient (Wildman–Crippen LogP) is 14.3. The molecule has 5 unspecified atom stereocenters. The van der Waals surface area contributed by atoms with Crippen molar-refractivity contribution in [3.8, 4) is 33.5 Å². The average molecular weight is 817 g/mol. The first-order chi connectivity index (χ1) is 31.7. The molecule has 2 nitrogen and oxygen atoms in total. The summed E-state index contributed by atoms with van der Waals surface area (Å²) in [6, 6.07) is 57.9. The van der Waals surface area contributed by atoms with Crippen LogP contribution in [0.2, 0.25) is 0 Å². The molecule has 0 amide bonds. The summed E-state index contributed by atoms with van der Waals surface area (Å²) in [5.74, 6) is 0.984. The van der Waals surface area contributed by atoms with Gasteiger partial charge in [-0.3, -0.25) is 0 Å². The van der Waals surface area contributed by atoms with Gasteiger partial charge in [0, 0.05) is 11.5 Å². The summed E-state index contributed by atoms with van der Waals surface area (Å²) in [6.07, 6.45) is 26.7. The normalized spacial score (nSPS) is 22.9. The Bertz CT molecular complexity index is 3310. The molecule has 0 aliphatic heterocycles. The van der Waals surface area contributed by atoms with Gasteiger partial charge in [-0.25, -0.2) is 9.97 Å². The Kier molecular flexibility index (Phi) is 8.99. The summed E-state index contributed by atoms with van der Waals surface area (Å²) in [5.41, 5.74) is 23.3. The van der Waals surface area contributed by atoms with E-state index in [-0.39, 0.29) is 11.8 Å². The van der Waals surface area contributed by atoms with E-state index < -0.39 is 10.8 Å². The van der Waals surface area contributed by atoms with Gasteiger partial charge < -0.3 is 0 Å². The highest BCUT2D eigenvalue weighted by atomic mass is 14.9. The number of nitrogens with zero attached hydrogens (tertiary/aromatic N) is 2. The molecule has 5 aliphatic carbocycles. The van der Waals surface area contributed by atoms with Gasteiger partial charge in [-0.1, -0.05) is 225 Å². The fraction of sp³-hybridized carbons (Fsp3) is 0.0968. The molecule has 12 rings (SSSR count). The summed E-state index contributed by atoms with van der Waals surface area (Å²) in [5, 5.41) is 0. The Morgan fingerprint density at radius 1 is 0.516 bits per heavy atom. The lowest BCUT2D eigenvalue weighted by atomic mass is 9.51. The van der Waals surface area contributed by atoms with Crippen LogP contribution in [-0.4, -0.2) is 9.97 Å². The second-order valence-corrected chi connectivity index (χ2v) is 17.4. The van der Waals surface area contributed by atoms with Crippen molar-refractivity contribution in [3.63, 3.8) is 0 Å². The molecule has 6 aromatic carbocycles. The van der Waals surface area contributed by atoms with Crippen molar-refractivity contribution in [2.45, 2.75) is 29.6 Å². The standard InChI is InChI=1S/C62H44N2/c1-42-20-11-14-29-50(42)58-41-57(45-38-36-44(37-39-45)43-21-5-2-6-22-43)63-60(64-58)46-23-12-13-28-49(40-46)61(47-24-7-3-8-25-47)54-33-17-18-34-55(54)62(48-26-9-4-10-27-48)53-32-16-15-30-51(53)52-31-19-35-56(61)59(52)62/h2-3,5-9,11-42,46,50H,1H3. The number of benzene rings is 6. The summed E-state index contributed by atoms with van der Waals surface area (Å²) in [7, 11) is 0. The molecule has 5 atom stereocenters. The summed E-state index contributed by atoms with van der Waals surface area (Å²) in [4.78, 5) is 11.0. The SMILES string of the molecule is CC1C=CC=CC1c1cc(-c2ccc(-c3ccccc3)cc2)nc(C2C=CC=CC(C3(c4ccccc4)c4ccccc4C4(C5=CC=C=C=C5)c5ccccc5-c5cccc3c54)=C2)n1. The van der Waals surface area contributed by atoms with E-state index >= 15 is 0 Å². The fourth-order valence-corrected chi connectivity index (χ4v) is 11.3. The zero-order valence-corrected chi connectivity index (χ0v) is 35.6. The van der Waals surface area contributed by atoms with E-state index in [0.717, 1.165) is 22.8 Å². The van der Waals surface area contributed by atoms with E-state index in [1.165, 1.54) is 66.8 Å². The van der Waals surface area contributed by atoms with Crippen LogP contribution >= 0.6 is 0 Å². The Morgan fingerprint density at radius 2 is 1.17 bits per heavy atom. The molecular weight excluding hydrogens is 773 g/mol. The lowest BCUT2D eigenvalue weighted by Crippen LogP contribution is -2.44. The van der Waals surface area contributed by atoms with E-state index in [1.807, 2.05) is 6.08 Å². The van der Waals surface area contributed by atoms with E-state index in [2.05, 4.69) is 243 Å². The van der Waals surface area contributed by atoms with Gasteiger partial charge >= 0.3 is 0 Å². The van der Waals surface area contributed by atoms with Crippen LogP contribution in [0.3, 0.4) is 0 Å². The smallest absolute Gasteiger partial charge is 0.139 e. The molecule has 64 heavy (non-hydrogen) atoms. The zero-order valence-electron chi connectivity index (χ0n) is 35.6. The molecule has 7 aromatic rings. The lowest BCUT2D eigenvalue weighted by molar-refractivity contribution is 0.612. The van der Waals surface area contributed by atoms with Gasteiger partial charge in [-0.15, -0.1) is 0 Å². The largest absolute Gasteiger partial charge is 0.236 e. The van der Waals surface area contributed by atoms with Crippen LogP contribution in [0.15, 0.2) is 253 Å². The average Bonchev–Trinajstić information content (AvgIpc) is 3.46. The van der Waals surface area contributed by atoms with Crippen LogP contribution < -0.4 is 0 Å². The van der Waals surface area contributed by atoms with Gasteiger partial charge in [-0.2, -0.15) is 0 Å². The molecule has 1 aromatic heterocycles. The Labute approximate surface area is 375 Å². The van der Waals surface area contributed by atoms with Crippen molar-refractivity contribution < 1.29 is 0 Å². The minimum Gasteiger partial charge on any atom is -0.236 e. The van der Waals surface area contributed by atoms with Gasteiger partial charge in [0.15, 0.2) is 0 Å². The second kappa shape index (κ2) is 15.2. The predicted molar refractivity (Wildman–Crippen MR) is 261 cm³/mol. The van der Waals surface area contributed by atoms with Crippen LogP contribution in [0.25, 0.3) is 33.5 Å². The van der Waals surface area contributed by atoms with Crippen molar-refractivity contribution in [2.24, 2.45) is 5.92 Å². The Hall–Kier alpha value is -7.86. The molecule has 302 valence electrons. The quantitative estimate of drug-likeness (QED) is 0.150. The number of allylic oxidation sites excluding steroid dienone is 14. The summed E-state index contributed by atoms with van der Waals surface area (Å²) < 4.78 is 0. The third-order valence-corrected chi connectivity index (χ3v) is 14.1. The highest BCUT2D eigenvalue weighted by Crippen LogP contribution is 2.66. The van der Waals surface area contributed by atoms with E-state index in [0.29, 0.717) is 5.92 Å². The first-order valence-corrected chi connectivity index (χ1v) is 22.4. The summed E-state index contributed by atoms with van der Waals surface area (Å²) in [6.45, 7) is 2.28. The molecule has 0 bridgehead atoms. The van der Waals surface area contributed by atoms with Crippen molar-refractivity contribution in [1.29, 1.82) is 0 Å². The topological polar surface area (TPSA) is 25.8 Å². The molecule has 0 N–H and O–H groups in total. The highest BCUT2D eigenvalue weighted by Gasteiger charge is 2.58. The van der Waals surface area contributed by atoms with E-state index in [4.69, 9.17) is 9.97 Å². The van der Waals surface area contributed by atoms with Crippen molar-refractivity contribution in [1.82, 2.24) is 9.97 Å². The van der Waals surface area contributed by atoms with Gasteiger partial charge in [0.05, 0.1) is 28.1 Å². The van der Waals surface area contributed by atoms with Gasteiger partial charge in [0.25, 0.3) is 0 Å². The monoisotopic (exact) mass is 816 g/mol. The van der Waals surface area contributed by atoms with Crippen LogP contribution in [0.5, 0.6) is 0 Å². The van der Waals surface area contributed by atoms with Crippen molar-refractivity contribution in [2.75, 3.05) is 0 Å². The molecule has 5 aliphatic rings. The van der Waals surface area contributed by atoms with Crippen LogP contribution in [-0.2, 0) is 10.8 Å². The highest BCUT2D eigenvalue weighted by molar-refractivity contribution is 5.92. The van der Waals surface area contributed by atoms with Gasteiger partial charge in [0.2, 0.25) is 0 Å². The van der Waals surface area contributed by atoms with Gasteiger partial charge in [-0.05, 0) is 97.0 Å². The maximum absolute atomic E-state index is 5.51. The molecular formula is C62H44N2. The number of hydrogen-bond acceptors (Lipinski definition) is 2. The maximum Gasteiger partial charge on any atom is 0.139 e. The lowest BCUT2D eigenvalue weighted by Gasteiger charge is -2.50.